The maximum Gasteiger partial charge on any atom is 0.237 e. The van der Waals surface area contributed by atoms with E-state index in [1.807, 2.05) is 0 Å². The SMILES string of the molecule is N#CSC(=O)c1ccccc1O. The number of nitrogens with zero attached hydrogens (tertiary/aromatic N) is 1. The van der Waals surface area contributed by atoms with E-state index in [0.717, 1.165) is 0 Å². The Morgan fingerprint density at radius 2 is 2.17 bits per heavy atom. The molecule has 0 saturated heterocycles. The minimum atomic E-state index is -0.435. The number of hydrogen-bond donors (Lipinski definition) is 1. The Bertz CT molecular complexity index is 343. The average Bonchev–Trinajstić information content (AvgIpc) is 2.05. The molecular weight excluding hydrogens is 174 g/mol. The molecule has 0 bridgehead atoms. The number of thiocyanates is 1. The normalized spacial score (nSPS) is 8.92. The van der Waals surface area contributed by atoms with Crippen molar-refractivity contribution in [1.82, 2.24) is 0 Å². The third kappa shape index (κ3) is 1.77. The van der Waals surface area contributed by atoms with Gasteiger partial charge in [0.15, 0.2) is 0 Å². The molecule has 0 heterocycles. The number of para-hydroxylation sites is 1. The van der Waals surface area contributed by atoms with Crippen molar-refractivity contribution in [2.24, 2.45) is 0 Å². The lowest BCUT2D eigenvalue weighted by atomic mass is 10.2. The van der Waals surface area contributed by atoms with Gasteiger partial charge in [-0.05, 0) is 12.1 Å². The van der Waals surface area contributed by atoms with Crippen molar-refractivity contribution < 1.29 is 9.90 Å². The van der Waals surface area contributed by atoms with Crippen LogP contribution in [0.1, 0.15) is 10.4 Å². The molecule has 0 radical (unpaired) electrons. The number of thioether (sulfide) groups is 1. The zero-order valence-corrected chi connectivity index (χ0v) is 6.84. The van der Waals surface area contributed by atoms with Gasteiger partial charge in [-0.15, -0.1) is 0 Å². The number of rotatable bonds is 1. The third-order valence-corrected chi connectivity index (χ3v) is 1.76. The molecule has 1 aromatic rings. The van der Waals surface area contributed by atoms with E-state index in [1.54, 1.807) is 17.5 Å². The van der Waals surface area contributed by atoms with Gasteiger partial charge in [0.25, 0.3) is 0 Å². The summed E-state index contributed by atoms with van der Waals surface area (Å²) in [6.45, 7) is 0. The van der Waals surface area contributed by atoms with E-state index < -0.39 is 5.12 Å². The summed E-state index contributed by atoms with van der Waals surface area (Å²) in [6, 6.07) is 6.13. The summed E-state index contributed by atoms with van der Waals surface area (Å²) in [5.74, 6) is -0.0924. The summed E-state index contributed by atoms with van der Waals surface area (Å²) in [7, 11) is 0. The van der Waals surface area contributed by atoms with E-state index in [0.29, 0.717) is 11.8 Å². The second-order valence-corrected chi connectivity index (χ2v) is 2.76. The Labute approximate surface area is 73.6 Å². The lowest BCUT2D eigenvalue weighted by Crippen LogP contribution is -1.91. The molecule has 0 fully saturated rings. The standard InChI is InChI=1S/C8H5NO2S/c9-5-12-8(11)6-3-1-2-4-7(6)10/h1-4,10H. The first-order valence-electron chi connectivity index (χ1n) is 3.14. The third-order valence-electron chi connectivity index (χ3n) is 1.26. The summed E-state index contributed by atoms with van der Waals surface area (Å²) in [4.78, 5) is 11.0. The zero-order chi connectivity index (χ0) is 8.97. The lowest BCUT2D eigenvalue weighted by Gasteiger charge is -1.97. The quantitative estimate of drug-likeness (QED) is 0.667. The maximum absolute atomic E-state index is 11.0. The predicted octanol–water partition coefficient (Wildman–Crippen LogP) is 1.75. The highest BCUT2D eigenvalue weighted by Crippen LogP contribution is 2.20. The highest BCUT2D eigenvalue weighted by molar-refractivity contribution is 8.18. The first-order chi connectivity index (χ1) is 5.75. The molecule has 0 aromatic heterocycles. The highest BCUT2D eigenvalue weighted by atomic mass is 32.2. The molecule has 60 valence electrons. The zero-order valence-electron chi connectivity index (χ0n) is 6.02. The van der Waals surface area contributed by atoms with Crippen LogP contribution in [0.4, 0.5) is 0 Å². The van der Waals surface area contributed by atoms with Gasteiger partial charge in [-0.2, -0.15) is 5.26 Å². The Morgan fingerprint density at radius 1 is 1.50 bits per heavy atom. The number of phenols is 1. The Hall–Kier alpha value is -1.47. The van der Waals surface area contributed by atoms with Crippen molar-refractivity contribution in [1.29, 1.82) is 5.26 Å². The van der Waals surface area contributed by atoms with Crippen LogP contribution in [-0.2, 0) is 0 Å². The molecule has 3 nitrogen and oxygen atoms in total. The average molecular weight is 179 g/mol. The second kappa shape index (κ2) is 3.79. The molecule has 0 aliphatic carbocycles. The van der Waals surface area contributed by atoms with Crippen molar-refractivity contribution in [2.75, 3.05) is 0 Å². The van der Waals surface area contributed by atoms with Crippen LogP contribution >= 0.6 is 11.8 Å². The first-order valence-corrected chi connectivity index (χ1v) is 3.95. The van der Waals surface area contributed by atoms with Gasteiger partial charge in [0.2, 0.25) is 5.12 Å². The first kappa shape index (κ1) is 8.62. The summed E-state index contributed by atoms with van der Waals surface area (Å²) in [5, 5.41) is 18.6. The van der Waals surface area contributed by atoms with Crippen LogP contribution < -0.4 is 0 Å². The second-order valence-electron chi connectivity index (χ2n) is 2.00. The monoisotopic (exact) mass is 179 g/mol. The van der Waals surface area contributed by atoms with Crippen molar-refractivity contribution in [2.45, 2.75) is 0 Å². The fourth-order valence-corrected chi connectivity index (χ4v) is 1.11. The van der Waals surface area contributed by atoms with Gasteiger partial charge in [0, 0.05) is 11.8 Å². The number of carbonyl (C=O) groups excluding carboxylic acids is 1. The molecule has 0 atom stereocenters. The highest BCUT2D eigenvalue weighted by Gasteiger charge is 2.09. The number of nitriles is 1. The van der Waals surface area contributed by atoms with Gasteiger partial charge in [0.1, 0.15) is 11.2 Å². The Balaban J connectivity index is 2.97. The van der Waals surface area contributed by atoms with Gasteiger partial charge in [-0.1, -0.05) is 12.1 Å². The van der Waals surface area contributed by atoms with Crippen LogP contribution in [0.5, 0.6) is 5.75 Å². The van der Waals surface area contributed by atoms with Crippen molar-refractivity contribution in [3.8, 4) is 11.2 Å². The smallest absolute Gasteiger partial charge is 0.237 e. The van der Waals surface area contributed by atoms with Gasteiger partial charge in [-0.25, -0.2) is 0 Å². The molecule has 0 aliphatic rings. The van der Waals surface area contributed by atoms with E-state index >= 15 is 0 Å². The summed E-state index contributed by atoms with van der Waals surface area (Å²) < 4.78 is 0. The largest absolute Gasteiger partial charge is 0.507 e. The fraction of sp³-hybridized carbons (Fsp3) is 0. The molecule has 0 spiro atoms. The van der Waals surface area contributed by atoms with Crippen molar-refractivity contribution in [3.05, 3.63) is 29.8 Å². The molecule has 1 N–H and O–H groups in total. The van der Waals surface area contributed by atoms with Crippen molar-refractivity contribution >= 4 is 16.9 Å². The predicted molar refractivity (Wildman–Crippen MR) is 45.6 cm³/mol. The molecule has 1 aromatic carbocycles. The fourth-order valence-electron chi connectivity index (χ4n) is 0.743. The number of benzene rings is 1. The van der Waals surface area contributed by atoms with E-state index in [1.165, 1.54) is 12.1 Å². The van der Waals surface area contributed by atoms with Gasteiger partial charge >= 0.3 is 0 Å². The Morgan fingerprint density at radius 3 is 2.75 bits per heavy atom. The molecular formula is C8H5NO2S. The summed E-state index contributed by atoms with van der Waals surface area (Å²) >= 11 is 0.505. The molecule has 0 saturated carbocycles. The van der Waals surface area contributed by atoms with Crippen LogP contribution in [0.25, 0.3) is 0 Å². The molecule has 0 amide bonds. The van der Waals surface area contributed by atoms with Crippen molar-refractivity contribution in [3.63, 3.8) is 0 Å². The topological polar surface area (TPSA) is 61.1 Å². The number of aromatic hydroxyl groups is 1. The molecule has 12 heavy (non-hydrogen) atoms. The van der Waals surface area contributed by atoms with Crippen LogP contribution in [0.15, 0.2) is 24.3 Å². The molecule has 0 unspecified atom stereocenters. The molecule has 0 aliphatic heterocycles. The van der Waals surface area contributed by atoms with Gasteiger partial charge in [-0.3, -0.25) is 4.79 Å². The van der Waals surface area contributed by atoms with E-state index in [4.69, 9.17) is 10.4 Å². The maximum atomic E-state index is 11.0. The summed E-state index contributed by atoms with van der Waals surface area (Å²) in [6.07, 6.45) is 0. The molecule has 1 rings (SSSR count). The van der Waals surface area contributed by atoms with Crippen LogP contribution in [0.2, 0.25) is 0 Å². The van der Waals surface area contributed by atoms with Crippen LogP contribution in [0.3, 0.4) is 0 Å². The van der Waals surface area contributed by atoms with E-state index in [-0.39, 0.29) is 11.3 Å². The van der Waals surface area contributed by atoms with E-state index in [2.05, 4.69) is 0 Å². The Kier molecular flexibility index (Phi) is 2.72. The lowest BCUT2D eigenvalue weighted by molar-refractivity contribution is 0.108. The summed E-state index contributed by atoms with van der Waals surface area (Å²) in [5.41, 5.74) is 0.170. The number of phenolic OH excluding ortho intramolecular Hbond substituents is 1. The van der Waals surface area contributed by atoms with Gasteiger partial charge < -0.3 is 5.11 Å². The molecule has 4 heteroatoms. The number of carbonyl (C=O) groups is 1. The van der Waals surface area contributed by atoms with Crippen LogP contribution in [0, 0.1) is 10.7 Å². The van der Waals surface area contributed by atoms with Gasteiger partial charge in [0.05, 0.1) is 5.56 Å². The minimum absolute atomic E-state index is 0.0924. The number of hydrogen-bond acceptors (Lipinski definition) is 4. The van der Waals surface area contributed by atoms with Crippen LogP contribution in [-0.4, -0.2) is 10.2 Å². The van der Waals surface area contributed by atoms with E-state index in [9.17, 15) is 4.79 Å². The minimum Gasteiger partial charge on any atom is -0.507 e.